The van der Waals surface area contributed by atoms with Crippen LogP contribution in [0.3, 0.4) is 0 Å². The second kappa shape index (κ2) is 5.21. The van der Waals surface area contributed by atoms with Crippen molar-refractivity contribution in [1.82, 2.24) is 10.2 Å². The summed E-state index contributed by atoms with van der Waals surface area (Å²) < 4.78 is 0. The highest BCUT2D eigenvalue weighted by Gasteiger charge is 2.17. The molecule has 0 aliphatic heterocycles. The van der Waals surface area contributed by atoms with E-state index < -0.39 is 0 Å². The zero-order valence-electron chi connectivity index (χ0n) is 9.05. The van der Waals surface area contributed by atoms with E-state index in [0.717, 1.165) is 10.5 Å². The molecule has 14 heavy (non-hydrogen) atoms. The predicted octanol–water partition coefficient (Wildman–Crippen LogP) is 1.02. The highest BCUT2D eigenvalue weighted by molar-refractivity contribution is 5.95. The van der Waals surface area contributed by atoms with Gasteiger partial charge in [0.1, 0.15) is 5.82 Å². The SMILES string of the molecule is C=C(C)/C=C(\NC)N(C(C)=O)C(C)=O. The maximum atomic E-state index is 11.2. The maximum absolute atomic E-state index is 11.2. The third-order valence-electron chi connectivity index (χ3n) is 1.51. The molecule has 1 N–H and O–H groups in total. The Hall–Kier alpha value is -1.58. The van der Waals surface area contributed by atoms with Gasteiger partial charge < -0.3 is 5.32 Å². The smallest absolute Gasteiger partial charge is 0.231 e. The summed E-state index contributed by atoms with van der Waals surface area (Å²) in [6, 6.07) is 0. The van der Waals surface area contributed by atoms with Crippen LogP contribution in [0.25, 0.3) is 0 Å². The fourth-order valence-electron chi connectivity index (χ4n) is 1.04. The molecular formula is C10H16N2O2. The minimum Gasteiger partial charge on any atom is -0.374 e. The number of allylic oxidation sites excluding steroid dienone is 2. The molecule has 4 heteroatoms. The lowest BCUT2D eigenvalue weighted by atomic mass is 10.3. The van der Waals surface area contributed by atoms with Crippen molar-refractivity contribution in [3.8, 4) is 0 Å². The fourth-order valence-corrected chi connectivity index (χ4v) is 1.04. The first-order chi connectivity index (χ1) is 6.40. The molecule has 0 rings (SSSR count). The van der Waals surface area contributed by atoms with Crippen molar-refractivity contribution in [2.75, 3.05) is 7.05 Å². The normalized spacial score (nSPS) is 10.7. The van der Waals surface area contributed by atoms with Crippen LogP contribution >= 0.6 is 0 Å². The second-order valence-corrected chi connectivity index (χ2v) is 3.00. The van der Waals surface area contributed by atoms with Crippen molar-refractivity contribution in [3.63, 3.8) is 0 Å². The third kappa shape index (κ3) is 3.43. The Bertz CT molecular complexity index is 278. The fraction of sp³-hybridized carbons (Fsp3) is 0.400. The first-order valence-electron chi connectivity index (χ1n) is 4.26. The number of carbonyl (C=O) groups excluding carboxylic acids is 2. The van der Waals surface area contributed by atoms with E-state index in [0.29, 0.717) is 5.82 Å². The molecule has 4 nitrogen and oxygen atoms in total. The second-order valence-electron chi connectivity index (χ2n) is 3.00. The molecule has 0 unspecified atom stereocenters. The molecular weight excluding hydrogens is 180 g/mol. The van der Waals surface area contributed by atoms with Gasteiger partial charge in [0.15, 0.2) is 0 Å². The van der Waals surface area contributed by atoms with Gasteiger partial charge in [-0.15, -0.1) is 0 Å². The number of hydrogen-bond acceptors (Lipinski definition) is 3. The Balaban J connectivity index is 5.05. The first-order valence-corrected chi connectivity index (χ1v) is 4.26. The zero-order valence-corrected chi connectivity index (χ0v) is 9.05. The van der Waals surface area contributed by atoms with E-state index in [1.165, 1.54) is 13.8 Å². The van der Waals surface area contributed by atoms with Crippen molar-refractivity contribution in [2.24, 2.45) is 0 Å². The molecule has 0 aromatic rings. The summed E-state index contributed by atoms with van der Waals surface area (Å²) in [7, 11) is 1.65. The summed E-state index contributed by atoms with van der Waals surface area (Å²) in [6.45, 7) is 8.14. The molecule has 0 aromatic heterocycles. The van der Waals surface area contributed by atoms with Gasteiger partial charge in [-0.2, -0.15) is 0 Å². The van der Waals surface area contributed by atoms with Gasteiger partial charge in [0.25, 0.3) is 0 Å². The lowest BCUT2D eigenvalue weighted by Gasteiger charge is -2.20. The number of amides is 2. The van der Waals surface area contributed by atoms with Crippen molar-refractivity contribution in [1.29, 1.82) is 0 Å². The average Bonchev–Trinajstić information content (AvgIpc) is 2.00. The van der Waals surface area contributed by atoms with Gasteiger partial charge in [-0.1, -0.05) is 12.2 Å². The maximum Gasteiger partial charge on any atom is 0.231 e. The Morgan fingerprint density at radius 3 is 1.86 bits per heavy atom. The van der Waals surface area contributed by atoms with Crippen molar-refractivity contribution in [2.45, 2.75) is 20.8 Å². The van der Waals surface area contributed by atoms with Crippen LogP contribution in [-0.2, 0) is 9.59 Å². The number of nitrogens with zero attached hydrogens (tertiary/aromatic N) is 1. The average molecular weight is 196 g/mol. The Morgan fingerprint density at radius 2 is 1.64 bits per heavy atom. The molecule has 0 aliphatic rings. The molecule has 0 radical (unpaired) electrons. The zero-order chi connectivity index (χ0) is 11.3. The molecule has 0 fully saturated rings. The van der Waals surface area contributed by atoms with E-state index in [2.05, 4.69) is 11.9 Å². The van der Waals surface area contributed by atoms with Crippen LogP contribution in [0.5, 0.6) is 0 Å². The molecule has 0 saturated heterocycles. The van der Waals surface area contributed by atoms with E-state index in [1.54, 1.807) is 20.0 Å². The number of carbonyl (C=O) groups is 2. The van der Waals surface area contributed by atoms with E-state index in [9.17, 15) is 9.59 Å². The van der Waals surface area contributed by atoms with Gasteiger partial charge in [0, 0.05) is 20.9 Å². The minimum absolute atomic E-state index is 0.320. The van der Waals surface area contributed by atoms with E-state index in [-0.39, 0.29) is 11.8 Å². The van der Waals surface area contributed by atoms with E-state index in [4.69, 9.17) is 0 Å². The summed E-state index contributed by atoms with van der Waals surface area (Å²) >= 11 is 0. The van der Waals surface area contributed by atoms with Crippen LogP contribution in [0.2, 0.25) is 0 Å². The van der Waals surface area contributed by atoms with Crippen molar-refractivity contribution in [3.05, 3.63) is 24.0 Å². The van der Waals surface area contributed by atoms with Crippen molar-refractivity contribution >= 4 is 11.8 Å². The molecule has 78 valence electrons. The summed E-state index contributed by atoms with van der Waals surface area (Å²) in [5, 5.41) is 2.78. The Morgan fingerprint density at radius 1 is 1.21 bits per heavy atom. The molecule has 0 aliphatic carbocycles. The Kier molecular flexibility index (Phi) is 4.63. The lowest BCUT2D eigenvalue weighted by molar-refractivity contribution is -0.139. The summed E-state index contributed by atoms with van der Waals surface area (Å²) in [5.41, 5.74) is 0.766. The lowest BCUT2D eigenvalue weighted by Crippen LogP contribution is -2.37. The van der Waals surface area contributed by atoms with Gasteiger partial charge in [-0.05, 0) is 13.0 Å². The topological polar surface area (TPSA) is 49.4 Å². The van der Waals surface area contributed by atoms with Crippen LogP contribution in [0.1, 0.15) is 20.8 Å². The minimum atomic E-state index is -0.320. The van der Waals surface area contributed by atoms with Crippen molar-refractivity contribution < 1.29 is 9.59 Å². The molecule has 0 bridgehead atoms. The molecule has 0 heterocycles. The van der Waals surface area contributed by atoms with Gasteiger partial charge >= 0.3 is 0 Å². The van der Waals surface area contributed by atoms with Crippen LogP contribution < -0.4 is 5.32 Å². The molecule has 2 amide bonds. The quantitative estimate of drug-likeness (QED) is 0.685. The monoisotopic (exact) mass is 196 g/mol. The Labute approximate surface area is 84.3 Å². The highest BCUT2D eigenvalue weighted by atomic mass is 16.2. The number of imide groups is 1. The van der Waals surface area contributed by atoms with Crippen LogP contribution in [0.15, 0.2) is 24.0 Å². The van der Waals surface area contributed by atoms with Gasteiger partial charge in [-0.25, -0.2) is 4.90 Å². The predicted molar refractivity (Wildman–Crippen MR) is 55.2 cm³/mol. The summed E-state index contributed by atoms with van der Waals surface area (Å²) in [6.07, 6.45) is 1.64. The van der Waals surface area contributed by atoms with Gasteiger partial charge in [0.2, 0.25) is 11.8 Å². The van der Waals surface area contributed by atoms with Gasteiger partial charge in [0.05, 0.1) is 0 Å². The summed E-state index contributed by atoms with van der Waals surface area (Å²) in [5.74, 6) is -0.198. The van der Waals surface area contributed by atoms with Crippen LogP contribution in [0, 0.1) is 0 Å². The largest absolute Gasteiger partial charge is 0.374 e. The molecule has 0 spiro atoms. The molecule has 0 aromatic carbocycles. The van der Waals surface area contributed by atoms with E-state index in [1.807, 2.05) is 0 Å². The first kappa shape index (κ1) is 12.4. The number of rotatable bonds is 3. The van der Waals surface area contributed by atoms with Crippen LogP contribution in [-0.4, -0.2) is 23.8 Å². The van der Waals surface area contributed by atoms with E-state index >= 15 is 0 Å². The summed E-state index contributed by atoms with van der Waals surface area (Å²) in [4.78, 5) is 23.4. The molecule has 0 atom stereocenters. The standard InChI is InChI=1S/C10H16N2O2/c1-7(2)6-10(11-5)12(8(3)13)9(4)14/h6,11H,1H2,2-5H3/b10-6+. The van der Waals surface area contributed by atoms with Gasteiger partial charge in [-0.3, -0.25) is 9.59 Å². The highest BCUT2D eigenvalue weighted by Crippen LogP contribution is 2.05. The third-order valence-corrected chi connectivity index (χ3v) is 1.51. The number of nitrogens with one attached hydrogen (secondary N) is 1. The van der Waals surface area contributed by atoms with Crippen LogP contribution in [0.4, 0.5) is 0 Å². The number of hydrogen-bond donors (Lipinski definition) is 1. The molecule has 0 saturated carbocycles.